The van der Waals surface area contributed by atoms with Gasteiger partial charge in [-0.05, 0) is 25.3 Å². The summed E-state index contributed by atoms with van der Waals surface area (Å²) in [6, 6.07) is 3.72. The molecular weight excluding hydrogens is 489 g/mol. The van der Waals surface area contributed by atoms with Crippen LogP contribution < -0.4 is 24.8 Å². The van der Waals surface area contributed by atoms with Gasteiger partial charge >= 0.3 is 0 Å². The summed E-state index contributed by atoms with van der Waals surface area (Å²) in [5, 5.41) is 6.57. The molecule has 1 fully saturated rings. The maximum absolute atomic E-state index is 5.67. The normalized spacial score (nSPS) is 16.1. The van der Waals surface area contributed by atoms with Gasteiger partial charge in [0.2, 0.25) is 0 Å². The average molecular weight is 523 g/mol. The van der Waals surface area contributed by atoms with Crippen molar-refractivity contribution in [2.24, 2.45) is 4.99 Å². The number of nitrogens with one attached hydrogen (secondary N) is 2. The average Bonchev–Trinajstić information content (AvgIpc) is 3.25. The molecule has 1 aromatic rings. The number of hydrogen-bond acceptors (Lipinski definition) is 6. The van der Waals surface area contributed by atoms with E-state index in [9.17, 15) is 0 Å². The third kappa shape index (κ3) is 8.43. The number of nitrogens with zero attached hydrogens (tertiary/aromatic N) is 1. The van der Waals surface area contributed by atoms with E-state index >= 15 is 0 Å². The Morgan fingerprint density at radius 3 is 2.45 bits per heavy atom. The minimum atomic E-state index is 0. The van der Waals surface area contributed by atoms with E-state index in [4.69, 9.17) is 23.7 Å². The second kappa shape index (κ2) is 14.5. The zero-order chi connectivity index (χ0) is 20.2. The van der Waals surface area contributed by atoms with Gasteiger partial charge in [-0.15, -0.1) is 24.0 Å². The van der Waals surface area contributed by atoms with Crippen LogP contribution in [0.1, 0.15) is 24.8 Å². The van der Waals surface area contributed by atoms with Crippen molar-refractivity contribution in [2.45, 2.75) is 31.9 Å². The van der Waals surface area contributed by atoms with Crippen LogP contribution in [0.4, 0.5) is 0 Å². The number of aliphatic imine (C=N–C) groups is 1. The Labute approximate surface area is 190 Å². The quantitative estimate of drug-likeness (QED) is 0.200. The van der Waals surface area contributed by atoms with Gasteiger partial charge in [0, 0.05) is 45.0 Å². The van der Waals surface area contributed by atoms with E-state index in [0.29, 0.717) is 31.3 Å². The molecule has 0 amide bonds. The van der Waals surface area contributed by atoms with E-state index in [-0.39, 0.29) is 30.1 Å². The van der Waals surface area contributed by atoms with Crippen LogP contribution >= 0.6 is 24.0 Å². The molecule has 0 bridgehead atoms. The van der Waals surface area contributed by atoms with Crippen LogP contribution in [-0.4, -0.2) is 66.8 Å². The minimum Gasteiger partial charge on any atom is -0.496 e. The van der Waals surface area contributed by atoms with Crippen molar-refractivity contribution >= 4 is 29.9 Å². The molecule has 2 rings (SSSR count). The van der Waals surface area contributed by atoms with Crippen LogP contribution in [0.15, 0.2) is 17.1 Å². The molecule has 0 spiro atoms. The van der Waals surface area contributed by atoms with Crippen LogP contribution in [0.3, 0.4) is 0 Å². The van der Waals surface area contributed by atoms with Gasteiger partial charge in [-0.25, -0.2) is 0 Å². The summed E-state index contributed by atoms with van der Waals surface area (Å²) in [5.74, 6) is 2.74. The first-order valence-corrected chi connectivity index (χ1v) is 9.64. The minimum absolute atomic E-state index is 0. The van der Waals surface area contributed by atoms with Gasteiger partial charge in [0.05, 0.1) is 34.0 Å². The predicted molar refractivity (Wildman–Crippen MR) is 124 cm³/mol. The van der Waals surface area contributed by atoms with Crippen molar-refractivity contribution in [1.29, 1.82) is 0 Å². The maximum atomic E-state index is 5.67. The SMILES string of the molecule is CN=C(NCCCOCC1CCCO1)NCc1cc(OC)c(OC)cc1OC.I. The van der Waals surface area contributed by atoms with Gasteiger partial charge in [-0.2, -0.15) is 0 Å². The van der Waals surface area contributed by atoms with Crippen molar-refractivity contribution < 1.29 is 23.7 Å². The molecule has 1 aromatic carbocycles. The zero-order valence-corrected chi connectivity index (χ0v) is 20.1. The molecule has 1 heterocycles. The Bertz CT molecular complexity index is 624. The van der Waals surface area contributed by atoms with Crippen molar-refractivity contribution in [2.75, 3.05) is 54.7 Å². The fraction of sp³-hybridized carbons (Fsp3) is 0.650. The van der Waals surface area contributed by atoms with Gasteiger partial charge in [-0.3, -0.25) is 4.99 Å². The molecule has 2 N–H and O–H groups in total. The monoisotopic (exact) mass is 523 g/mol. The molecular formula is C20H34IN3O5. The highest BCUT2D eigenvalue weighted by atomic mass is 127. The van der Waals surface area contributed by atoms with E-state index in [1.165, 1.54) is 0 Å². The topological polar surface area (TPSA) is 82.6 Å². The van der Waals surface area contributed by atoms with Crippen molar-refractivity contribution in [3.63, 3.8) is 0 Å². The Balaban J connectivity index is 0.00000420. The lowest BCUT2D eigenvalue weighted by atomic mass is 10.1. The molecule has 1 aliphatic heterocycles. The van der Waals surface area contributed by atoms with E-state index < -0.39 is 0 Å². The first-order chi connectivity index (χ1) is 13.7. The van der Waals surface area contributed by atoms with Gasteiger partial charge in [0.25, 0.3) is 0 Å². The molecule has 1 unspecified atom stereocenters. The summed E-state index contributed by atoms with van der Waals surface area (Å²) in [6.07, 6.45) is 3.42. The molecule has 0 aromatic heterocycles. The second-order valence-electron chi connectivity index (χ2n) is 6.44. The highest BCUT2D eigenvalue weighted by Gasteiger charge is 2.15. The van der Waals surface area contributed by atoms with Gasteiger partial charge < -0.3 is 34.3 Å². The van der Waals surface area contributed by atoms with E-state index in [1.807, 2.05) is 12.1 Å². The van der Waals surface area contributed by atoms with Crippen LogP contribution in [-0.2, 0) is 16.0 Å². The predicted octanol–water partition coefficient (Wildman–Crippen LogP) is 2.58. The van der Waals surface area contributed by atoms with E-state index in [0.717, 1.165) is 49.7 Å². The molecule has 0 aliphatic carbocycles. The third-order valence-electron chi connectivity index (χ3n) is 4.54. The molecule has 166 valence electrons. The number of guanidine groups is 1. The fourth-order valence-electron chi connectivity index (χ4n) is 3.00. The van der Waals surface area contributed by atoms with E-state index in [2.05, 4.69) is 15.6 Å². The summed E-state index contributed by atoms with van der Waals surface area (Å²) in [6.45, 7) is 3.56. The van der Waals surface area contributed by atoms with E-state index in [1.54, 1.807) is 28.4 Å². The summed E-state index contributed by atoms with van der Waals surface area (Å²) < 4.78 is 27.4. The van der Waals surface area contributed by atoms with Crippen molar-refractivity contribution in [3.8, 4) is 17.2 Å². The lowest BCUT2D eigenvalue weighted by Crippen LogP contribution is -2.37. The van der Waals surface area contributed by atoms with Crippen LogP contribution in [0.2, 0.25) is 0 Å². The lowest BCUT2D eigenvalue weighted by Gasteiger charge is -2.16. The first kappa shape index (κ1) is 25.6. The molecule has 8 nitrogen and oxygen atoms in total. The Kier molecular flexibility index (Phi) is 12.8. The largest absolute Gasteiger partial charge is 0.496 e. The molecule has 0 saturated carbocycles. The highest BCUT2D eigenvalue weighted by Crippen LogP contribution is 2.34. The highest BCUT2D eigenvalue weighted by molar-refractivity contribution is 14.0. The number of hydrogen-bond donors (Lipinski definition) is 2. The standard InChI is InChI=1S/C20H33N3O5.HI/c1-21-20(22-8-6-9-27-14-16-7-5-10-28-16)23-13-15-11-18(25-3)19(26-4)12-17(15)24-2;/h11-12,16H,5-10,13-14H2,1-4H3,(H2,21,22,23);1H. The van der Waals surface area contributed by atoms with Crippen LogP contribution in [0, 0.1) is 0 Å². The van der Waals surface area contributed by atoms with Gasteiger partial charge in [0.15, 0.2) is 17.5 Å². The smallest absolute Gasteiger partial charge is 0.191 e. The summed E-state index contributed by atoms with van der Waals surface area (Å²) in [4.78, 5) is 4.25. The fourth-order valence-corrected chi connectivity index (χ4v) is 3.00. The number of halogens is 1. The Hall–Kier alpha value is -1.46. The van der Waals surface area contributed by atoms with Crippen molar-refractivity contribution in [3.05, 3.63) is 17.7 Å². The molecule has 1 aliphatic rings. The maximum Gasteiger partial charge on any atom is 0.191 e. The summed E-state index contributed by atoms with van der Waals surface area (Å²) >= 11 is 0. The van der Waals surface area contributed by atoms with Crippen LogP contribution in [0.5, 0.6) is 17.2 Å². The van der Waals surface area contributed by atoms with Gasteiger partial charge in [0.1, 0.15) is 5.75 Å². The summed E-state index contributed by atoms with van der Waals surface area (Å²) in [5.41, 5.74) is 0.947. The molecule has 1 atom stereocenters. The number of rotatable bonds is 11. The lowest BCUT2D eigenvalue weighted by molar-refractivity contribution is 0.0168. The molecule has 1 saturated heterocycles. The van der Waals surface area contributed by atoms with Gasteiger partial charge in [-0.1, -0.05) is 0 Å². The molecule has 9 heteroatoms. The zero-order valence-electron chi connectivity index (χ0n) is 17.8. The number of benzene rings is 1. The second-order valence-corrected chi connectivity index (χ2v) is 6.44. The van der Waals surface area contributed by atoms with Crippen LogP contribution in [0.25, 0.3) is 0 Å². The van der Waals surface area contributed by atoms with Crippen molar-refractivity contribution in [1.82, 2.24) is 10.6 Å². The summed E-state index contributed by atoms with van der Waals surface area (Å²) in [7, 11) is 6.60. The Morgan fingerprint density at radius 2 is 1.83 bits per heavy atom. The molecule has 29 heavy (non-hydrogen) atoms. The first-order valence-electron chi connectivity index (χ1n) is 9.64. The number of ether oxygens (including phenoxy) is 5. The molecule has 0 radical (unpaired) electrons. The third-order valence-corrected chi connectivity index (χ3v) is 4.54. The Morgan fingerprint density at radius 1 is 1.10 bits per heavy atom. The number of methoxy groups -OCH3 is 3.